The fourth-order valence-electron chi connectivity index (χ4n) is 3.10. The van der Waals surface area contributed by atoms with Crippen LogP contribution in [0.1, 0.15) is 36.5 Å². The van der Waals surface area contributed by atoms with Gasteiger partial charge < -0.3 is 10.3 Å². The van der Waals surface area contributed by atoms with E-state index in [1.807, 2.05) is 36.9 Å². The minimum Gasteiger partial charge on any atom is -0.361 e. The molecule has 0 atom stereocenters. The van der Waals surface area contributed by atoms with Crippen molar-refractivity contribution in [3.8, 4) is 0 Å². The molecule has 132 valence electrons. The number of nitrogens with one attached hydrogen (secondary N) is 2. The van der Waals surface area contributed by atoms with Gasteiger partial charge in [0.25, 0.3) is 0 Å². The lowest BCUT2D eigenvalue weighted by molar-refractivity contribution is -0.121. The fourth-order valence-corrected chi connectivity index (χ4v) is 3.10. The predicted molar refractivity (Wildman–Crippen MR) is 98.4 cm³/mol. The first-order valence-electron chi connectivity index (χ1n) is 8.83. The number of hydrogen-bond acceptors (Lipinski definition) is 3. The van der Waals surface area contributed by atoms with Gasteiger partial charge in [-0.25, -0.2) is 4.98 Å². The summed E-state index contributed by atoms with van der Waals surface area (Å²) in [4.78, 5) is 19.5. The van der Waals surface area contributed by atoms with Gasteiger partial charge in [-0.05, 0) is 44.7 Å². The van der Waals surface area contributed by atoms with Gasteiger partial charge in [0.15, 0.2) is 0 Å². The minimum absolute atomic E-state index is 0.117. The molecule has 0 saturated carbocycles. The molecule has 3 rings (SSSR count). The van der Waals surface area contributed by atoms with Gasteiger partial charge in [0.1, 0.15) is 11.6 Å². The monoisotopic (exact) mass is 339 g/mol. The third-order valence-electron chi connectivity index (χ3n) is 4.36. The molecule has 25 heavy (non-hydrogen) atoms. The van der Waals surface area contributed by atoms with E-state index in [0.717, 1.165) is 43.0 Å². The highest BCUT2D eigenvalue weighted by atomic mass is 16.1. The normalized spacial score (nSPS) is 11.1. The molecule has 0 bridgehead atoms. The molecule has 1 aromatic carbocycles. The molecule has 6 heteroatoms. The van der Waals surface area contributed by atoms with Crippen LogP contribution in [0.3, 0.4) is 0 Å². The molecule has 0 fully saturated rings. The van der Waals surface area contributed by atoms with Gasteiger partial charge in [0.05, 0.1) is 0 Å². The average Bonchev–Trinajstić information content (AvgIpc) is 3.15. The number of para-hydroxylation sites is 1. The molecule has 0 unspecified atom stereocenters. The molecule has 3 aromatic rings. The Labute approximate surface area is 147 Å². The van der Waals surface area contributed by atoms with E-state index in [9.17, 15) is 4.79 Å². The van der Waals surface area contributed by atoms with Crippen LogP contribution in [0, 0.1) is 13.8 Å². The minimum atomic E-state index is 0.117. The van der Waals surface area contributed by atoms with Crippen molar-refractivity contribution in [3.63, 3.8) is 0 Å². The summed E-state index contributed by atoms with van der Waals surface area (Å²) in [6.45, 7) is 5.29. The van der Waals surface area contributed by atoms with Gasteiger partial charge in [-0.3, -0.25) is 9.48 Å². The molecule has 0 radical (unpaired) electrons. The van der Waals surface area contributed by atoms with Crippen LogP contribution in [0.5, 0.6) is 0 Å². The summed E-state index contributed by atoms with van der Waals surface area (Å²) in [6, 6.07) is 8.27. The van der Waals surface area contributed by atoms with Crippen molar-refractivity contribution >= 4 is 16.8 Å². The maximum absolute atomic E-state index is 12.0. The smallest absolute Gasteiger partial charge is 0.220 e. The van der Waals surface area contributed by atoms with Gasteiger partial charge in [0, 0.05) is 36.6 Å². The number of rotatable bonds is 8. The van der Waals surface area contributed by atoms with E-state index in [2.05, 4.69) is 32.5 Å². The molecular weight excluding hydrogens is 314 g/mol. The number of nitrogens with zero attached hydrogens (tertiary/aromatic N) is 3. The zero-order valence-electron chi connectivity index (χ0n) is 14.9. The van der Waals surface area contributed by atoms with E-state index in [4.69, 9.17) is 0 Å². The lowest BCUT2D eigenvalue weighted by Gasteiger charge is -2.06. The Bertz CT molecular complexity index is 848. The number of aromatic nitrogens is 4. The fraction of sp³-hybridized carbons (Fsp3) is 0.421. The molecule has 2 N–H and O–H groups in total. The van der Waals surface area contributed by atoms with E-state index in [-0.39, 0.29) is 5.91 Å². The van der Waals surface area contributed by atoms with Crippen LogP contribution in [-0.2, 0) is 17.8 Å². The van der Waals surface area contributed by atoms with Crippen molar-refractivity contribution < 1.29 is 4.79 Å². The molecule has 0 aliphatic rings. The summed E-state index contributed by atoms with van der Waals surface area (Å²) >= 11 is 0. The lowest BCUT2D eigenvalue weighted by atomic mass is 10.1. The second-order valence-electron chi connectivity index (χ2n) is 6.35. The highest BCUT2D eigenvalue weighted by molar-refractivity contribution is 5.83. The molecule has 0 aliphatic carbocycles. The Kier molecular flexibility index (Phi) is 5.48. The average molecular weight is 339 g/mol. The zero-order chi connectivity index (χ0) is 17.6. The number of benzene rings is 1. The Morgan fingerprint density at radius 1 is 1.24 bits per heavy atom. The molecule has 1 amide bonds. The maximum Gasteiger partial charge on any atom is 0.220 e. The van der Waals surface area contributed by atoms with E-state index in [1.54, 1.807) is 0 Å². The summed E-state index contributed by atoms with van der Waals surface area (Å²) in [5.74, 6) is 1.83. The summed E-state index contributed by atoms with van der Waals surface area (Å²) in [5.41, 5.74) is 2.43. The third-order valence-corrected chi connectivity index (χ3v) is 4.36. The summed E-state index contributed by atoms with van der Waals surface area (Å²) in [5, 5.41) is 8.56. The Morgan fingerprint density at radius 3 is 2.88 bits per heavy atom. The second-order valence-corrected chi connectivity index (χ2v) is 6.35. The van der Waals surface area contributed by atoms with Crippen molar-refractivity contribution in [3.05, 3.63) is 47.7 Å². The molecule has 6 nitrogen and oxygen atoms in total. The summed E-state index contributed by atoms with van der Waals surface area (Å²) in [7, 11) is 0. The number of carbonyl (C=O) groups is 1. The first kappa shape index (κ1) is 17.2. The Hall–Kier alpha value is -2.63. The molecular formula is C19H25N5O. The quantitative estimate of drug-likeness (QED) is 0.620. The SMILES string of the molecule is Cc1nc(C)n(CCCNC(=O)CCCc2c[nH]c3ccccc23)n1. The number of fused-ring (bicyclic) bond motifs is 1. The van der Waals surface area contributed by atoms with Crippen LogP contribution < -0.4 is 5.32 Å². The number of amides is 1. The van der Waals surface area contributed by atoms with Gasteiger partial charge in [-0.1, -0.05) is 18.2 Å². The highest BCUT2D eigenvalue weighted by Crippen LogP contribution is 2.19. The van der Waals surface area contributed by atoms with E-state index >= 15 is 0 Å². The molecule has 0 aliphatic heterocycles. The van der Waals surface area contributed by atoms with Crippen LogP contribution in [0.25, 0.3) is 10.9 Å². The second kappa shape index (κ2) is 7.96. The van der Waals surface area contributed by atoms with Crippen molar-refractivity contribution in [2.45, 2.75) is 46.1 Å². The number of aryl methyl sites for hydroxylation is 4. The first-order chi connectivity index (χ1) is 12.1. The van der Waals surface area contributed by atoms with Crippen molar-refractivity contribution in [2.24, 2.45) is 0 Å². The third kappa shape index (κ3) is 4.47. The van der Waals surface area contributed by atoms with Crippen molar-refractivity contribution in [2.75, 3.05) is 6.54 Å². The molecule has 2 heterocycles. The maximum atomic E-state index is 12.0. The summed E-state index contributed by atoms with van der Waals surface area (Å²) in [6.07, 6.45) is 5.23. The molecule has 2 aromatic heterocycles. The van der Waals surface area contributed by atoms with Gasteiger partial charge in [-0.2, -0.15) is 5.10 Å². The van der Waals surface area contributed by atoms with Gasteiger partial charge in [0.2, 0.25) is 5.91 Å². The van der Waals surface area contributed by atoms with Crippen molar-refractivity contribution in [1.82, 2.24) is 25.1 Å². The molecule has 0 spiro atoms. The lowest BCUT2D eigenvalue weighted by Crippen LogP contribution is -2.25. The number of hydrogen-bond donors (Lipinski definition) is 2. The Balaban J connectivity index is 1.35. The number of H-pyrrole nitrogens is 1. The van der Waals surface area contributed by atoms with E-state index < -0.39 is 0 Å². The van der Waals surface area contributed by atoms with Crippen molar-refractivity contribution in [1.29, 1.82) is 0 Å². The van der Waals surface area contributed by atoms with Crippen LogP contribution in [-0.4, -0.2) is 32.2 Å². The standard InChI is InChI=1S/C19H25N5O/c1-14-22-15(2)24(23-14)12-6-11-20-19(25)10-5-7-16-13-21-18-9-4-3-8-17(16)18/h3-4,8-9,13,21H,5-7,10-12H2,1-2H3,(H,20,25). The van der Waals surface area contributed by atoms with Gasteiger partial charge >= 0.3 is 0 Å². The Morgan fingerprint density at radius 2 is 2.08 bits per heavy atom. The highest BCUT2D eigenvalue weighted by Gasteiger charge is 2.06. The number of aromatic amines is 1. The predicted octanol–water partition coefficient (Wildman–Crippen LogP) is 2.91. The van der Waals surface area contributed by atoms with Crippen LogP contribution in [0.4, 0.5) is 0 Å². The first-order valence-corrected chi connectivity index (χ1v) is 8.83. The van der Waals surface area contributed by atoms with Crippen LogP contribution in [0.15, 0.2) is 30.5 Å². The van der Waals surface area contributed by atoms with Gasteiger partial charge in [-0.15, -0.1) is 0 Å². The van der Waals surface area contributed by atoms with Crippen LogP contribution >= 0.6 is 0 Å². The van der Waals surface area contributed by atoms with E-state index in [1.165, 1.54) is 10.9 Å². The molecule has 0 saturated heterocycles. The zero-order valence-corrected chi connectivity index (χ0v) is 14.9. The largest absolute Gasteiger partial charge is 0.361 e. The van der Waals surface area contributed by atoms with E-state index in [0.29, 0.717) is 13.0 Å². The topological polar surface area (TPSA) is 75.6 Å². The van der Waals surface area contributed by atoms with Crippen LogP contribution in [0.2, 0.25) is 0 Å². The number of carbonyl (C=O) groups excluding carboxylic acids is 1. The summed E-state index contributed by atoms with van der Waals surface area (Å²) < 4.78 is 1.89.